The minimum absolute atomic E-state index is 0.214. The summed E-state index contributed by atoms with van der Waals surface area (Å²) in [6.07, 6.45) is 3.45. The topological polar surface area (TPSA) is 72.8 Å². The number of nitrogens with zero attached hydrogens (tertiary/aromatic N) is 3. The number of H-pyrrole nitrogens is 1. The van der Waals surface area contributed by atoms with Crippen LogP contribution in [0.4, 0.5) is 4.39 Å². The number of hydrogen-bond acceptors (Lipinski definition) is 4. The van der Waals surface area contributed by atoms with Crippen LogP contribution in [0.25, 0.3) is 11.3 Å². The van der Waals surface area contributed by atoms with Gasteiger partial charge >= 0.3 is 5.97 Å². The molecule has 112 valence electrons. The molecule has 0 amide bonds. The summed E-state index contributed by atoms with van der Waals surface area (Å²) in [6.45, 7) is 0.698. The molecule has 7 heteroatoms. The summed E-state index contributed by atoms with van der Waals surface area (Å²) in [6, 6.07) is 9.24. The lowest BCUT2D eigenvalue weighted by Gasteiger charge is -2.03. The Morgan fingerprint density at radius 3 is 2.86 bits per heavy atom. The molecule has 0 aliphatic heterocycles. The molecule has 0 aliphatic carbocycles. The SMILES string of the molecule is O=C(OCCn1cccn1)c1cc(-c2ccc(F)cc2)n[nH]1. The highest BCUT2D eigenvalue weighted by molar-refractivity contribution is 5.88. The Hall–Kier alpha value is -2.96. The monoisotopic (exact) mass is 300 g/mol. The Bertz CT molecular complexity index is 750. The van der Waals surface area contributed by atoms with E-state index in [0.29, 0.717) is 17.8 Å². The van der Waals surface area contributed by atoms with Crippen molar-refractivity contribution in [2.75, 3.05) is 6.61 Å². The second kappa shape index (κ2) is 6.21. The fraction of sp³-hybridized carbons (Fsp3) is 0.133. The zero-order valence-corrected chi connectivity index (χ0v) is 11.6. The van der Waals surface area contributed by atoms with Crippen LogP contribution in [0.1, 0.15) is 10.5 Å². The molecular formula is C15H13FN4O2. The molecule has 0 fully saturated rings. The maximum atomic E-state index is 12.9. The normalized spacial score (nSPS) is 10.6. The van der Waals surface area contributed by atoms with Crippen LogP contribution in [0.5, 0.6) is 0 Å². The van der Waals surface area contributed by atoms with Crippen molar-refractivity contribution in [3.8, 4) is 11.3 Å². The van der Waals surface area contributed by atoms with Crippen LogP contribution in [-0.4, -0.2) is 32.6 Å². The Morgan fingerprint density at radius 1 is 1.32 bits per heavy atom. The van der Waals surface area contributed by atoms with Crippen LogP contribution in [0.15, 0.2) is 48.8 Å². The third-order valence-corrected chi connectivity index (χ3v) is 3.05. The maximum absolute atomic E-state index is 12.9. The number of nitrogens with one attached hydrogen (secondary N) is 1. The van der Waals surface area contributed by atoms with Gasteiger partial charge < -0.3 is 4.74 Å². The van der Waals surface area contributed by atoms with E-state index in [1.54, 1.807) is 41.3 Å². The number of esters is 1. The highest BCUT2D eigenvalue weighted by atomic mass is 19.1. The molecule has 0 radical (unpaired) electrons. The van der Waals surface area contributed by atoms with Crippen molar-refractivity contribution in [3.05, 3.63) is 60.3 Å². The van der Waals surface area contributed by atoms with Gasteiger partial charge in [0.2, 0.25) is 0 Å². The number of ether oxygens (including phenoxy) is 1. The zero-order chi connectivity index (χ0) is 15.4. The summed E-state index contributed by atoms with van der Waals surface area (Å²) >= 11 is 0. The Morgan fingerprint density at radius 2 is 2.14 bits per heavy atom. The summed E-state index contributed by atoms with van der Waals surface area (Å²) in [7, 11) is 0. The van der Waals surface area contributed by atoms with Gasteiger partial charge in [-0.05, 0) is 36.4 Å². The molecule has 3 aromatic rings. The molecule has 1 aromatic carbocycles. The summed E-state index contributed by atoms with van der Waals surface area (Å²) in [4.78, 5) is 11.9. The molecule has 6 nitrogen and oxygen atoms in total. The predicted molar refractivity (Wildman–Crippen MR) is 76.5 cm³/mol. The van der Waals surface area contributed by atoms with Gasteiger partial charge in [-0.25, -0.2) is 9.18 Å². The van der Waals surface area contributed by atoms with Crippen LogP contribution < -0.4 is 0 Å². The smallest absolute Gasteiger partial charge is 0.356 e. The largest absolute Gasteiger partial charge is 0.459 e. The van der Waals surface area contributed by atoms with Crippen LogP contribution in [-0.2, 0) is 11.3 Å². The van der Waals surface area contributed by atoms with E-state index < -0.39 is 5.97 Å². The average molecular weight is 300 g/mol. The highest BCUT2D eigenvalue weighted by Gasteiger charge is 2.12. The minimum atomic E-state index is -0.493. The molecule has 0 saturated heterocycles. The van der Waals surface area contributed by atoms with Crippen LogP contribution in [0.3, 0.4) is 0 Å². The van der Waals surface area contributed by atoms with Crippen LogP contribution in [0.2, 0.25) is 0 Å². The first-order valence-corrected chi connectivity index (χ1v) is 6.68. The van der Waals surface area contributed by atoms with Gasteiger partial charge in [0.15, 0.2) is 0 Å². The number of aromatic amines is 1. The Balaban J connectivity index is 1.60. The fourth-order valence-corrected chi connectivity index (χ4v) is 1.94. The van der Waals surface area contributed by atoms with Gasteiger partial charge in [-0.2, -0.15) is 10.2 Å². The average Bonchev–Trinajstić information content (AvgIpc) is 3.19. The molecule has 0 saturated carbocycles. The zero-order valence-electron chi connectivity index (χ0n) is 11.6. The van der Waals surface area contributed by atoms with E-state index >= 15 is 0 Å². The summed E-state index contributed by atoms with van der Waals surface area (Å²) in [5.74, 6) is -0.814. The third kappa shape index (κ3) is 3.20. The lowest BCUT2D eigenvalue weighted by atomic mass is 10.1. The molecule has 1 N–H and O–H groups in total. The van der Waals surface area contributed by atoms with Gasteiger partial charge in [0.05, 0.1) is 12.2 Å². The van der Waals surface area contributed by atoms with E-state index in [1.165, 1.54) is 12.1 Å². The number of halogens is 1. The number of aromatic nitrogens is 4. The molecule has 2 aromatic heterocycles. The molecule has 2 heterocycles. The number of hydrogen-bond donors (Lipinski definition) is 1. The van der Waals surface area contributed by atoms with Crippen molar-refractivity contribution in [3.63, 3.8) is 0 Å². The van der Waals surface area contributed by atoms with Gasteiger partial charge in [-0.1, -0.05) is 0 Å². The second-order valence-corrected chi connectivity index (χ2v) is 4.58. The first-order chi connectivity index (χ1) is 10.7. The number of benzene rings is 1. The standard InChI is InChI=1S/C15H13FN4O2/c16-12-4-2-11(3-5-12)13-10-14(19-18-13)15(21)22-9-8-20-7-1-6-17-20/h1-7,10H,8-9H2,(H,18,19). The molecule has 0 aliphatic rings. The summed E-state index contributed by atoms with van der Waals surface area (Å²) in [5.41, 5.74) is 1.52. The van der Waals surface area contributed by atoms with E-state index in [9.17, 15) is 9.18 Å². The first kappa shape index (κ1) is 14.0. The van der Waals surface area contributed by atoms with Crippen molar-refractivity contribution in [2.24, 2.45) is 0 Å². The summed E-state index contributed by atoms with van der Waals surface area (Å²) in [5, 5.41) is 10.7. The van der Waals surface area contributed by atoms with Crippen molar-refractivity contribution >= 4 is 5.97 Å². The van der Waals surface area contributed by atoms with Crippen molar-refractivity contribution < 1.29 is 13.9 Å². The molecule has 0 spiro atoms. The molecule has 0 atom stereocenters. The van der Waals surface area contributed by atoms with E-state index in [4.69, 9.17) is 4.74 Å². The molecule has 3 rings (SSSR count). The Kier molecular flexibility index (Phi) is 3.95. The van der Waals surface area contributed by atoms with Crippen LogP contribution >= 0.6 is 0 Å². The number of carbonyl (C=O) groups is 1. The second-order valence-electron chi connectivity index (χ2n) is 4.58. The molecular weight excluding hydrogens is 287 g/mol. The van der Waals surface area contributed by atoms with E-state index in [1.807, 2.05) is 0 Å². The van der Waals surface area contributed by atoms with E-state index in [-0.39, 0.29) is 18.1 Å². The quantitative estimate of drug-likeness (QED) is 0.734. The molecule has 0 bridgehead atoms. The molecule has 0 unspecified atom stereocenters. The maximum Gasteiger partial charge on any atom is 0.356 e. The minimum Gasteiger partial charge on any atom is -0.459 e. The first-order valence-electron chi connectivity index (χ1n) is 6.68. The van der Waals surface area contributed by atoms with Crippen molar-refractivity contribution in [1.29, 1.82) is 0 Å². The van der Waals surface area contributed by atoms with Crippen molar-refractivity contribution in [2.45, 2.75) is 6.54 Å². The van der Waals surface area contributed by atoms with Gasteiger partial charge in [-0.3, -0.25) is 9.78 Å². The molecule has 22 heavy (non-hydrogen) atoms. The predicted octanol–water partition coefficient (Wildman–Crippen LogP) is 2.27. The lowest BCUT2D eigenvalue weighted by molar-refractivity contribution is 0.0481. The Labute approximate surface area is 125 Å². The number of rotatable bonds is 5. The third-order valence-electron chi connectivity index (χ3n) is 3.05. The van der Waals surface area contributed by atoms with Crippen molar-refractivity contribution in [1.82, 2.24) is 20.0 Å². The van der Waals surface area contributed by atoms with Gasteiger partial charge in [-0.15, -0.1) is 0 Å². The summed E-state index contributed by atoms with van der Waals surface area (Å²) < 4.78 is 19.7. The van der Waals surface area contributed by atoms with Gasteiger partial charge in [0.1, 0.15) is 18.1 Å². The van der Waals surface area contributed by atoms with Gasteiger partial charge in [0, 0.05) is 18.0 Å². The van der Waals surface area contributed by atoms with Gasteiger partial charge in [0.25, 0.3) is 0 Å². The van der Waals surface area contributed by atoms with E-state index in [0.717, 1.165) is 0 Å². The highest BCUT2D eigenvalue weighted by Crippen LogP contribution is 2.18. The lowest BCUT2D eigenvalue weighted by Crippen LogP contribution is -2.12. The number of carbonyl (C=O) groups excluding carboxylic acids is 1. The fourth-order valence-electron chi connectivity index (χ4n) is 1.94. The van der Waals surface area contributed by atoms with E-state index in [2.05, 4.69) is 15.3 Å². The van der Waals surface area contributed by atoms with Crippen LogP contribution in [0, 0.1) is 5.82 Å².